The maximum Gasteiger partial charge on any atom is 0.255 e. The lowest BCUT2D eigenvalue weighted by atomic mass is 9.84. The quantitative estimate of drug-likeness (QED) is 0.747. The van der Waals surface area contributed by atoms with Gasteiger partial charge in [-0.3, -0.25) is 4.79 Å². The Balaban J connectivity index is 1.79. The summed E-state index contributed by atoms with van der Waals surface area (Å²) in [7, 11) is 1.54. The fraction of sp³-hybridized carbons (Fsp3) is 0.450. The predicted octanol–water partition coefficient (Wildman–Crippen LogP) is 4.71. The van der Waals surface area contributed by atoms with Crippen molar-refractivity contribution in [2.75, 3.05) is 13.7 Å². The highest BCUT2D eigenvalue weighted by Gasteiger charge is 2.37. The van der Waals surface area contributed by atoms with Crippen molar-refractivity contribution < 1.29 is 14.6 Å². The molecule has 1 aliphatic carbocycles. The number of benzene rings is 1. The molecular weight excluding hydrogens is 370 g/mol. The molecule has 1 aromatic carbocycles. The SMILES string of the molecule is COc1ccc(Cl)cc1C(=O)NCC1(c2ccc(C(C)O)s2)CCCC1. The number of aliphatic hydroxyl groups is 1. The Morgan fingerprint density at radius 3 is 2.69 bits per heavy atom. The van der Waals surface area contributed by atoms with Crippen LogP contribution in [0.2, 0.25) is 5.02 Å². The molecule has 1 saturated carbocycles. The van der Waals surface area contributed by atoms with E-state index < -0.39 is 6.10 Å². The smallest absolute Gasteiger partial charge is 0.255 e. The second-order valence-electron chi connectivity index (χ2n) is 6.89. The summed E-state index contributed by atoms with van der Waals surface area (Å²) in [5, 5.41) is 13.4. The van der Waals surface area contributed by atoms with Crippen molar-refractivity contribution in [2.24, 2.45) is 0 Å². The summed E-state index contributed by atoms with van der Waals surface area (Å²) in [5.74, 6) is 0.336. The number of amides is 1. The van der Waals surface area contributed by atoms with Crippen LogP contribution in [0.3, 0.4) is 0 Å². The van der Waals surface area contributed by atoms with E-state index in [0.717, 1.165) is 30.6 Å². The van der Waals surface area contributed by atoms with Crippen LogP contribution >= 0.6 is 22.9 Å². The Kier molecular flexibility index (Phi) is 5.90. The highest BCUT2D eigenvalue weighted by molar-refractivity contribution is 7.12. The van der Waals surface area contributed by atoms with E-state index in [4.69, 9.17) is 16.3 Å². The van der Waals surface area contributed by atoms with Crippen LogP contribution in [-0.2, 0) is 5.41 Å². The maximum atomic E-state index is 12.7. The largest absolute Gasteiger partial charge is 0.496 e. The summed E-state index contributed by atoms with van der Waals surface area (Å²) >= 11 is 7.69. The molecule has 3 rings (SSSR count). The number of halogens is 1. The van der Waals surface area contributed by atoms with Crippen molar-refractivity contribution in [1.82, 2.24) is 5.32 Å². The van der Waals surface area contributed by atoms with Gasteiger partial charge in [0.1, 0.15) is 5.75 Å². The third-order valence-corrected chi connectivity index (χ3v) is 6.85. The average Bonchev–Trinajstić information content (AvgIpc) is 3.29. The zero-order chi connectivity index (χ0) is 18.7. The molecule has 0 spiro atoms. The van der Waals surface area contributed by atoms with E-state index in [9.17, 15) is 9.90 Å². The third kappa shape index (κ3) is 3.90. The topological polar surface area (TPSA) is 58.6 Å². The molecule has 2 N–H and O–H groups in total. The number of thiophene rings is 1. The van der Waals surface area contributed by atoms with Crippen LogP contribution in [0.15, 0.2) is 30.3 Å². The molecular formula is C20H24ClNO3S. The van der Waals surface area contributed by atoms with E-state index in [1.54, 1.807) is 43.6 Å². The fourth-order valence-corrected chi connectivity index (χ4v) is 4.99. The van der Waals surface area contributed by atoms with Gasteiger partial charge in [-0.05, 0) is 50.1 Å². The second-order valence-corrected chi connectivity index (χ2v) is 8.44. The van der Waals surface area contributed by atoms with Gasteiger partial charge in [-0.2, -0.15) is 0 Å². The van der Waals surface area contributed by atoms with Gasteiger partial charge in [-0.1, -0.05) is 24.4 Å². The van der Waals surface area contributed by atoms with Crippen molar-refractivity contribution in [3.8, 4) is 5.75 Å². The van der Waals surface area contributed by atoms with E-state index in [1.165, 1.54) is 4.88 Å². The van der Waals surface area contributed by atoms with Gasteiger partial charge in [0.05, 0.1) is 18.8 Å². The monoisotopic (exact) mass is 393 g/mol. The number of carbonyl (C=O) groups excluding carboxylic acids is 1. The average molecular weight is 394 g/mol. The fourth-order valence-electron chi connectivity index (χ4n) is 3.63. The van der Waals surface area contributed by atoms with Crippen LogP contribution in [0, 0.1) is 0 Å². The lowest BCUT2D eigenvalue weighted by Gasteiger charge is -2.28. The Hall–Kier alpha value is -1.56. The van der Waals surface area contributed by atoms with Gasteiger partial charge in [-0.25, -0.2) is 0 Å². The molecule has 0 bridgehead atoms. The first-order chi connectivity index (χ1) is 12.4. The van der Waals surface area contributed by atoms with Gasteiger partial charge in [0.15, 0.2) is 0 Å². The standard InChI is InChI=1S/C20H24ClNO3S/c1-13(23)17-7-8-18(26-17)20(9-3-4-10-20)12-22-19(24)15-11-14(21)5-6-16(15)25-2/h5-8,11,13,23H,3-4,9-10,12H2,1-2H3,(H,22,24). The molecule has 0 saturated heterocycles. The number of nitrogens with one attached hydrogen (secondary N) is 1. The van der Waals surface area contributed by atoms with Crippen molar-refractivity contribution in [3.63, 3.8) is 0 Å². The van der Waals surface area contributed by atoms with Crippen LogP contribution in [0.5, 0.6) is 5.75 Å². The number of carbonyl (C=O) groups is 1. The molecule has 1 aliphatic rings. The minimum absolute atomic E-state index is 0.0563. The normalized spacial score (nSPS) is 17.1. The molecule has 1 fully saturated rings. The van der Waals surface area contributed by atoms with Crippen LogP contribution in [0.4, 0.5) is 0 Å². The van der Waals surface area contributed by atoms with Gasteiger partial charge < -0.3 is 15.2 Å². The molecule has 1 aromatic heterocycles. The molecule has 1 amide bonds. The lowest BCUT2D eigenvalue weighted by Crippen LogP contribution is -2.38. The van der Waals surface area contributed by atoms with E-state index in [0.29, 0.717) is 22.9 Å². The summed E-state index contributed by atoms with van der Waals surface area (Å²) in [6.45, 7) is 2.35. The lowest BCUT2D eigenvalue weighted by molar-refractivity contribution is 0.0940. The summed E-state index contributed by atoms with van der Waals surface area (Å²) < 4.78 is 5.29. The minimum atomic E-state index is -0.461. The molecule has 1 heterocycles. The van der Waals surface area contributed by atoms with Crippen LogP contribution in [0.1, 0.15) is 58.8 Å². The number of hydrogen-bond donors (Lipinski definition) is 2. The molecule has 0 aliphatic heterocycles. The molecule has 26 heavy (non-hydrogen) atoms. The van der Waals surface area contributed by atoms with E-state index in [2.05, 4.69) is 11.4 Å². The number of ether oxygens (including phenoxy) is 1. The van der Waals surface area contributed by atoms with Gasteiger partial charge in [0.2, 0.25) is 0 Å². The van der Waals surface area contributed by atoms with Gasteiger partial charge in [0.25, 0.3) is 5.91 Å². The van der Waals surface area contributed by atoms with E-state index in [1.807, 2.05) is 6.07 Å². The first-order valence-corrected chi connectivity index (χ1v) is 10.0. The van der Waals surface area contributed by atoms with Gasteiger partial charge in [0, 0.05) is 26.7 Å². The maximum absolute atomic E-state index is 12.7. The number of hydrogen-bond acceptors (Lipinski definition) is 4. The third-order valence-electron chi connectivity index (χ3n) is 5.12. The predicted molar refractivity (Wildman–Crippen MR) is 105 cm³/mol. The Morgan fingerprint density at radius 2 is 2.08 bits per heavy atom. The molecule has 6 heteroatoms. The number of aliphatic hydroxyl groups excluding tert-OH is 1. The van der Waals surface area contributed by atoms with Crippen LogP contribution in [-0.4, -0.2) is 24.7 Å². The zero-order valence-electron chi connectivity index (χ0n) is 15.0. The van der Waals surface area contributed by atoms with Crippen molar-refractivity contribution in [2.45, 2.75) is 44.1 Å². The molecule has 1 unspecified atom stereocenters. The van der Waals surface area contributed by atoms with Crippen molar-refractivity contribution >= 4 is 28.8 Å². The van der Waals surface area contributed by atoms with E-state index in [-0.39, 0.29) is 11.3 Å². The second kappa shape index (κ2) is 7.99. The highest BCUT2D eigenvalue weighted by Crippen LogP contribution is 2.44. The summed E-state index contributed by atoms with van der Waals surface area (Å²) in [6.07, 6.45) is 3.92. The van der Waals surface area contributed by atoms with Crippen molar-refractivity contribution in [1.29, 1.82) is 0 Å². The molecule has 4 nitrogen and oxygen atoms in total. The Morgan fingerprint density at radius 1 is 1.35 bits per heavy atom. The highest BCUT2D eigenvalue weighted by atomic mass is 35.5. The van der Waals surface area contributed by atoms with Crippen LogP contribution in [0.25, 0.3) is 0 Å². The summed E-state index contributed by atoms with van der Waals surface area (Å²) in [4.78, 5) is 14.9. The van der Waals surface area contributed by atoms with Crippen molar-refractivity contribution in [3.05, 3.63) is 50.7 Å². The van der Waals surface area contributed by atoms with Gasteiger partial charge >= 0.3 is 0 Å². The molecule has 140 valence electrons. The summed E-state index contributed by atoms with van der Waals surface area (Å²) in [6, 6.07) is 9.14. The number of methoxy groups -OCH3 is 1. The number of rotatable bonds is 6. The molecule has 1 atom stereocenters. The Labute approximate surface area is 163 Å². The summed E-state index contributed by atoms with van der Waals surface area (Å²) in [5.41, 5.74) is 0.392. The first-order valence-electron chi connectivity index (χ1n) is 8.85. The zero-order valence-corrected chi connectivity index (χ0v) is 16.6. The first kappa shape index (κ1) is 19.2. The van der Waals surface area contributed by atoms with Gasteiger partial charge in [-0.15, -0.1) is 11.3 Å². The van der Waals surface area contributed by atoms with Crippen LogP contribution < -0.4 is 10.1 Å². The minimum Gasteiger partial charge on any atom is -0.496 e. The van der Waals surface area contributed by atoms with E-state index >= 15 is 0 Å². The molecule has 2 aromatic rings. The Bertz CT molecular complexity index is 781. The molecule has 0 radical (unpaired) electrons.